The van der Waals surface area contributed by atoms with E-state index >= 15 is 0 Å². The van der Waals surface area contributed by atoms with Gasteiger partial charge in [0.05, 0.1) is 18.9 Å². The number of nitrogens with one attached hydrogen (secondary N) is 3. The SMILES string of the molecule is C=CC1C[C@]1(NC(=O)[C@@H]1C[C@@H](Oc2nccc3cc(OC)ccc23)CN1C(=O)[C@H](CCC(=O)N1CCC1=O)NC(=O)OC(C)(C)C)C(=O)NS(=O)(=O)C1CC1. The number of likely N-dealkylation sites (tertiary alicyclic amines) is 2. The second kappa shape index (κ2) is 15.1. The normalized spacial score (nSPS) is 23.9. The van der Waals surface area contributed by atoms with Crippen LogP contribution < -0.4 is 24.8 Å². The quantitative estimate of drug-likeness (QED) is 0.184. The maximum atomic E-state index is 14.5. The Balaban J connectivity index is 1.28. The Labute approximate surface area is 318 Å². The van der Waals surface area contributed by atoms with Gasteiger partial charge in [0.15, 0.2) is 0 Å². The number of nitrogens with zero attached hydrogens (tertiary/aromatic N) is 3. The lowest BCUT2D eigenvalue weighted by molar-refractivity contribution is -0.152. The number of imide groups is 1. The molecule has 0 bridgehead atoms. The largest absolute Gasteiger partial charge is 0.497 e. The first kappa shape index (κ1) is 39.4. The van der Waals surface area contributed by atoms with Crippen LogP contribution in [0.1, 0.15) is 65.7 Å². The number of fused-ring (bicyclic) bond motifs is 1. The molecule has 0 radical (unpaired) electrons. The van der Waals surface area contributed by atoms with Crippen LogP contribution in [0.2, 0.25) is 0 Å². The van der Waals surface area contributed by atoms with Gasteiger partial charge in [-0.3, -0.25) is 33.6 Å². The molecule has 1 aromatic carbocycles. The summed E-state index contributed by atoms with van der Waals surface area (Å²) in [6, 6.07) is 4.41. The summed E-state index contributed by atoms with van der Waals surface area (Å²) < 4.78 is 44.6. The van der Waals surface area contributed by atoms with Crippen LogP contribution in [0.3, 0.4) is 0 Å². The highest BCUT2D eigenvalue weighted by Gasteiger charge is 2.62. The number of carbonyl (C=O) groups is 6. The number of ether oxygens (including phenoxy) is 3. The smallest absolute Gasteiger partial charge is 0.408 e. The number of sulfonamides is 1. The minimum atomic E-state index is -3.95. The molecule has 1 unspecified atom stereocenters. The van der Waals surface area contributed by atoms with Gasteiger partial charge in [0.2, 0.25) is 39.5 Å². The van der Waals surface area contributed by atoms with Crippen molar-refractivity contribution < 1.29 is 51.4 Å². The summed E-state index contributed by atoms with van der Waals surface area (Å²) in [5.41, 5.74) is -2.56. The van der Waals surface area contributed by atoms with Crippen LogP contribution in [0.15, 0.2) is 43.1 Å². The number of pyridine rings is 1. The van der Waals surface area contributed by atoms with Gasteiger partial charge in [-0.2, -0.15) is 0 Å². The van der Waals surface area contributed by atoms with Gasteiger partial charge in [-0.1, -0.05) is 6.08 Å². The van der Waals surface area contributed by atoms with Crippen LogP contribution >= 0.6 is 0 Å². The number of carbonyl (C=O) groups excluding carboxylic acids is 6. The van der Waals surface area contributed by atoms with Gasteiger partial charge in [-0.15, -0.1) is 6.58 Å². The minimum Gasteiger partial charge on any atom is -0.497 e. The fourth-order valence-electron chi connectivity index (χ4n) is 6.79. The van der Waals surface area contributed by atoms with E-state index in [1.807, 2.05) is 0 Å². The highest BCUT2D eigenvalue weighted by Crippen LogP contribution is 2.45. The van der Waals surface area contributed by atoms with E-state index in [0.717, 1.165) is 10.3 Å². The second-order valence-electron chi connectivity index (χ2n) is 15.3. The molecule has 55 heavy (non-hydrogen) atoms. The van der Waals surface area contributed by atoms with Crippen LogP contribution in [-0.2, 0) is 38.7 Å². The molecule has 6 rings (SSSR count). The van der Waals surface area contributed by atoms with Crippen molar-refractivity contribution in [2.24, 2.45) is 5.92 Å². The van der Waals surface area contributed by atoms with Gasteiger partial charge in [-0.25, -0.2) is 18.2 Å². The number of benzene rings is 1. The van der Waals surface area contributed by atoms with Crippen molar-refractivity contribution in [1.82, 2.24) is 30.1 Å². The molecule has 3 N–H and O–H groups in total. The summed E-state index contributed by atoms with van der Waals surface area (Å²) in [6.45, 7) is 8.73. The molecule has 6 amide bonds. The van der Waals surface area contributed by atoms with E-state index in [9.17, 15) is 37.2 Å². The van der Waals surface area contributed by atoms with Crippen LogP contribution in [0.4, 0.5) is 4.79 Å². The zero-order valence-electron chi connectivity index (χ0n) is 31.2. The molecular formula is C37H46N6O11S. The van der Waals surface area contributed by atoms with Crippen molar-refractivity contribution >= 4 is 56.4 Å². The van der Waals surface area contributed by atoms with Crippen LogP contribution in [0, 0.1) is 5.92 Å². The zero-order valence-corrected chi connectivity index (χ0v) is 32.0. The van der Waals surface area contributed by atoms with Gasteiger partial charge < -0.3 is 29.7 Å². The van der Waals surface area contributed by atoms with E-state index in [1.165, 1.54) is 11.0 Å². The Morgan fingerprint density at radius 3 is 2.49 bits per heavy atom. The monoisotopic (exact) mass is 782 g/mol. The van der Waals surface area contributed by atoms with E-state index in [-0.39, 0.29) is 57.0 Å². The highest BCUT2D eigenvalue weighted by atomic mass is 32.2. The number of hydrogen-bond acceptors (Lipinski definition) is 12. The highest BCUT2D eigenvalue weighted by molar-refractivity contribution is 7.91. The minimum absolute atomic E-state index is 0.0804. The predicted octanol–water partition coefficient (Wildman–Crippen LogP) is 1.69. The topological polar surface area (TPSA) is 220 Å². The number of methoxy groups -OCH3 is 1. The standard InChI is InChI=1S/C37H46N6O11S/c1-6-22-19-37(22,34(48)41-55(50,51)25-8-9-25)40-31(46)28-18-24(53-32-26-10-7-23(52-5)17-21(26)13-15-38-32)20-43(28)33(47)27(39-35(49)54-36(2,3)4)11-12-29(44)42-16-14-30(42)45/h6-7,10,13,15,17,22,24-25,27-28H,1,8-9,11-12,14,16,18-20H2,2-5H3,(H,39,49)(H,40,46)(H,41,48)/t22?,24-,27+,28+,37-/m1/s1. The molecule has 2 aliphatic heterocycles. The lowest BCUT2D eigenvalue weighted by Gasteiger charge is -2.31. The lowest BCUT2D eigenvalue weighted by atomic mass is 10.1. The van der Waals surface area contributed by atoms with Crippen molar-refractivity contribution in [3.63, 3.8) is 0 Å². The first-order valence-corrected chi connectivity index (χ1v) is 19.7. The van der Waals surface area contributed by atoms with Crippen LogP contribution in [0.25, 0.3) is 10.8 Å². The lowest BCUT2D eigenvalue weighted by Crippen LogP contribution is -2.58. The fraction of sp³-hybridized carbons (Fsp3) is 0.541. The number of aromatic nitrogens is 1. The fourth-order valence-corrected chi connectivity index (χ4v) is 8.15. The maximum Gasteiger partial charge on any atom is 0.408 e. The molecule has 2 saturated carbocycles. The summed E-state index contributed by atoms with van der Waals surface area (Å²) in [5, 5.41) is 5.97. The third-order valence-corrected chi connectivity index (χ3v) is 11.9. The summed E-state index contributed by atoms with van der Waals surface area (Å²) in [7, 11) is -2.41. The van der Waals surface area contributed by atoms with Crippen molar-refractivity contribution in [3.8, 4) is 11.6 Å². The van der Waals surface area contributed by atoms with Gasteiger partial charge in [0, 0.05) is 43.3 Å². The summed E-state index contributed by atoms with van der Waals surface area (Å²) in [4.78, 5) is 86.7. The average Bonchev–Trinajstić information content (AvgIpc) is 4.05. The van der Waals surface area contributed by atoms with Crippen LogP contribution in [0.5, 0.6) is 11.6 Å². The molecule has 5 atom stereocenters. The molecule has 2 aliphatic carbocycles. The van der Waals surface area contributed by atoms with Crippen molar-refractivity contribution in [3.05, 3.63) is 43.1 Å². The number of rotatable bonds is 14. The van der Waals surface area contributed by atoms with E-state index in [1.54, 1.807) is 58.3 Å². The van der Waals surface area contributed by atoms with Gasteiger partial charge in [0.1, 0.15) is 35.1 Å². The van der Waals surface area contributed by atoms with Crippen molar-refractivity contribution in [2.45, 2.75) is 100 Å². The first-order valence-electron chi connectivity index (χ1n) is 18.2. The molecule has 1 aromatic heterocycles. The molecule has 17 nitrogen and oxygen atoms in total. The summed E-state index contributed by atoms with van der Waals surface area (Å²) in [5.74, 6) is -3.03. The van der Waals surface area contributed by atoms with Gasteiger partial charge in [0.25, 0.3) is 5.91 Å². The number of amides is 6. The molecule has 18 heteroatoms. The Bertz CT molecular complexity index is 2030. The van der Waals surface area contributed by atoms with Gasteiger partial charge in [-0.05, 0) is 76.1 Å². The molecule has 2 aromatic rings. The molecule has 4 fully saturated rings. The Hall–Kier alpha value is -5.26. The average molecular weight is 783 g/mol. The number of alkyl carbamates (subject to hydrolysis) is 1. The third kappa shape index (κ3) is 8.68. The Morgan fingerprint density at radius 2 is 1.89 bits per heavy atom. The van der Waals surface area contributed by atoms with Crippen molar-refractivity contribution in [2.75, 3.05) is 20.2 Å². The summed E-state index contributed by atoms with van der Waals surface area (Å²) >= 11 is 0. The molecule has 4 aliphatic rings. The van der Waals surface area contributed by atoms with Crippen molar-refractivity contribution in [1.29, 1.82) is 0 Å². The van der Waals surface area contributed by atoms with E-state index < -0.39 is 80.2 Å². The summed E-state index contributed by atoms with van der Waals surface area (Å²) in [6.07, 6.45) is 1.80. The van der Waals surface area contributed by atoms with E-state index in [4.69, 9.17) is 14.2 Å². The van der Waals surface area contributed by atoms with E-state index in [2.05, 4.69) is 26.9 Å². The zero-order chi connectivity index (χ0) is 39.9. The molecular weight excluding hydrogens is 737 g/mol. The second-order valence-corrected chi connectivity index (χ2v) is 17.3. The number of β-lactam (4-membered cyclic amide) rings is 1. The van der Waals surface area contributed by atoms with Crippen LogP contribution in [-0.4, -0.2) is 114 Å². The molecule has 296 valence electrons. The predicted molar refractivity (Wildman–Crippen MR) is 196 cm³/mol. The van der Waals surface area contributed by atoms with Gasteiger partial charge >= 0.3 is 6.09 Å². The molecule has 3 heterocycles. The first-order chi connectivity index (χ1) is 25.9. The third-order valence-electron chi connectivity index (χ3n) is 10.1. The maximum absolute atomic E-state index is 14.5. The Morgan fingerprint density at radius 1 is 1.15 bits per heavy atom. The molecule has 2 saturated heterocycles. The molecule has 0 spiro atoms. The number of hydrogen-bond donors (Lipinski definition) is 3. The van der Waals surface area contributed by atoms with E-state index in [0.29, 0.717) is 24.0 Å². The Kier molecular flexibility index (Phi) is 10.8.